The van der Waals surface area contributed by atoms with Crippen LogP contribution < -0.4 is 5.32 Å². The zero-order valence-electron chi connectivity index (χ0n) is 22.1. The first-order valence-corrected chi connectivity index (χ1v) is 14.2. The number of fused-ring (bicyclic) bond motifs is 3. The van der Waals surface area contributed by atoms with E-state index in [-0.39, 0.29) is 47.6 Å². The first-order valence-electron chi connectivity index (χ1n) is 13.4. The lowest BCUT2D eigenvalue weighted by Crippen LogP contribution is -2.39. The number of imide groups is 1. The standard InChI is InChI=1S/C29H31N5O3S/c1-14-9-15(2)32-24(21(14)26(35)33-8-6-16-11-30-12-20(16)33)18-5-7-31-19-10-17(38-25(18)19)13-34-27(36)22-23(28(34)37)29(22,3)4/h5,7,9-10,16,20,22-23,30H,6,8,11-13H2,1-4H3/t16-,20+,22?,23?/m1/s1. The van der Waals surface area contributed by atoms with Gasteiger partial charge in [-0.3, -0.25) is 29.3 Å². The largest absolute Gasteiger partial charge is 0.334 e. The maximum atomic E-state index is 14.0. The Hall–Kier alpha value is -3.17. The molecule has 9 heteroatoms. The molecule has 3 aromatic heterocycles. The summed E-state index contributed by atoms with van der Waals surface area (Å²) in [6, 6.07) is 6.09. The van der Waals surface area contributed by atoms with Crippen LogP contribution in [0.2, 0.25) is 0 Å². The van der Waals surface area contributed by atoms with Crippen molar-refractivity contribution in [3.05, 3.63) is 46.1 Å². The summed E-state index contributed by atoms with van der Waals surface area (Å²) in [7, 11) is 0. The van der Waals surface area contributed by atoms with Crippen LogP contribution in [-0.2, 0) is 16.1 Å². The predicted octanol–water partition coefficient (Wildman–Crippen LogP) is 3.55. The Bertz CT molecular complexity index is 1520. The van der Waals surface area contributed by atoms with E-state index >= 15 is 0 Å². The van der Waals surface area contributed by atoms with Crippen molar-refractivity contribution in [2.45, 2.75) is 46.7 Å². The number of aromatic nitrogens is 2. The van der Waals surface area contributed by atoms with Gasteiger partial charge in [0.1, 0.15) is 0 Å². The quantitative estimate of drug-likeness (QED) is 0.520. The highest BCUT2D eigenvalue weighted by atomic mass is 32.1. The van der Waals surface area contributed by atoms with Crippen molar-refractivity contribution < 1.29 is 14.4 Å². The van der Waals surface area contributed by atoms with E-state index in [1.807, 2.05) is 50.8 Å². The lowest BCUT2D eigenvalue weighted by molar-refractivity contribution is -0.143. The van der Waals surface area contributed by atoms with Crippen molar-refractivity contribution >= 4 is 39.3 Å². The molecule has 4 atom stereocenters. The van der Waals surface area contributed by atoms with Gasteiger partial charge in [-0.1, -0.05) is 13.8 Å². The van der Waals surface area contributed by atoms with Crippen molar-refractivity contribution in [2.75, 3.05) is 19.6 Å². The maximum absolute atomic E-state index is 14.0. The number of aryl methyl sites for hydroxylation is 2. The van der Waals surface area contributed by atoms with Crippen LogP contribution in [0.15, 0.2) is 24.4 Å². The summed E-state index contributed by atoms with van der Waals surface area (Å²) >= 11 is 1.52. The molecule has 4 aliphatic rings. The Kier molecular flexibility index (Phi) is 5.14. The highest BCUT2D eigenvalue weighted by Crippen LogP contribution is 2.63. The van der Waals surface area contributed by atoms with Crippen LogP contribution in [0.3, 0.4) is 0 Å². The van der Waals surface area contributed by atoms with E-state index in [2.05, 4.69) is 10.3 Å². The average molecular weight is 530 g/mol. The van der Waals surface area contributed by atoms with E-state index in [1.165, 1.54) is 16.2 Å². The smallest absolute Gasteiger partial charge is 0.256 e. The van der Waals surface area contributed by atoms with Crippen molar-refractivity contribution in [1.82, 2.24) is 25.1 Å². The molecule has 0 spiro atoms. The summed E-state index contributed by atoms with van der Waals surface area (Å²) in [6.45, 7) is 10.8. The Labute approximate surface area is 225 Å². The van der Waals surface area contributed by atoms with Gasteiger partial charge in [0.15, 0.2) is 0 Å². The summed E-state index contributed by atoms with van der Waals surface area (Å²) in [5.41, 5.74) is 4.53. The van der Waals surface area contributed by atoms with E-state index < -0.39 is 0 Å². The molecule has 8 nitrogen and oxygen atoms in total. The minimum atomic E-state index is -0.221. The molecule has 7 rings (SSSR count). The molecule has 0 aromatic carbocycles. The molecule has 3 amide bonds. The molecule has 4 fully saturated rings. The number of hydrogen-bond donors (Lipinski definition) is 1. The fraction of sp³-hybridized carbons (Fsp3) is 0.483. The van der Waals surface area contributed by atoms with Gasteiger partial charge in [0.05, 0.1) is 39.9 Å². The van der Waals surface area contributed by atoms with Crippen LogP contribution in [-0.4, -0.2) is 63.2 Å². The van der Waals surface area contributed by atoms with Crippen LogP contribution in [0, 0.1) is 37.0 Å². The number of amides is 3. The molecular weight excluding hydrogens is 498 g/mol. The Morgan fingerprint density at radius 2 is 1.92 bits per heavy atom. The van der Waals surface area contributed by atoms with Gasteiger partial charge in [0, 0.05) is 48.0 Å². The number of likely N-dealkylation sites (tertiary alicyclic amines) is 2. The predicted molar refractivity (Wildman–Crippen MR) is 144 cm³/mol. The van der Waals surface area contributed by atoms with Crippen LogP contribution in [0.25, 0.3) is 21.5 Å². The topological polar surface area (TPSA) is 95.5 Å². The van der Waals surface area contributed by atoms with Crippen molar-refractivity contribution in [1.29, 1.82) is 0 Å². The van der Waals surface area contributed by atoms with Crippen molar-refractivity contribution in [2.24, 2.45) is 23.2 Å². The molecule has 0 radical (unpaired) electrons. The molecule has 3 saturated heterocycles. The minimum absolute atomic E-state index is 0.0399. The zero-order valence-corrected chi connectivity index (χ0v) is 22.9. The Morgan fingerprint density at radius 3 is 2.68 bits per heavy atom. The van der Waals surface area contributed by atoms with E-state index in [1.54, 1.807) is 6.20 Å². The summed E-state index contributed by atoms with van der Waals surface area (Å²) in [5, 5.41) is 3.44. The molecule has 1 aliphatic carbocycles. The monoisotopic (exact) mass is 529 g/mol. The Morgan fingerprint density at radius 1 is 1.16 bits per heavy atom. The number of nitrogens with zero attached hydrogens (tertiary/aromatic N) is 4. The summed E-state index contributed by atoms with van der Waals surface area (Å²) in [4.78, 5) is 53.7. The van der Waals surface area contributed by atoms with E-state index in [4.69, 9.17) is 4.98 Å². The molecule has 196 valence electrons. The number of thiophene rings is 1. The molecule has 1 saturated carbocycles. The third-order valence-corrected chi connectivity index (χ3v) is 10.3. The van der Waals surface area contributed by atoms with Crippen LogP contribution in [0.1, 0.15) is 46.8 Å². The van der Waals surface area contributed by atoms with Crippen LogP contribution in [0.4, 0.5) is 0 Å². The third-order valence-electron chi connectivity index (χ3n) is 9.19. The highest BCUT2D eigenvalue weighted by molar-refractivity contribution is 7.19. The minimum Gasteiger partial charge on any atom is -0.334 e. The van der Waals surface area contributed by atoms with E-state index in [0.29, 0.717) is 17.2 Å². The van der Waals surface area contributed by atoms with Gasteiger partial charge in [-0.25, -0.2) is 0 Å². The van der Waals surface area contributed by atoms with Gasteiger partial charge in [-0.15, -0.1) is 11.3 Å². The second-order valence-electron chi connectivity index (χ2n) is 11.9. The summed E-state index contributed by atoms with van der Waals surface area (Å²) < 4.78 is 0.917. The lowest BCUT2D eigenvalue weighted by atomic mass is 9.99. The SMILES string of the molecule is Cc1cc(C)c(C(=O)N2CC[C@@H]3CNC[C@@H]32)c(-c2ccnc3cc(CN4C(=O)C5C(C4=O)C5(C)C)sc23)n1. The maximum Gasteiger partial charge on any atom is 0.256 e. The number of carbonyl (C=O) groups excluding carboxylic acids is 3. The Balaban J connectivity index is 1.26. The number of hydrogen-bond acceptors (Lipinski definition) is 7. The molecular formula is C29H31N5O3S. The fourth-order valence-electron chi connectivity index (χ4n) is 7.11. The third kappa shape index (κ3) is 3.34. The van der Waals surface area contributed by atoms with Gasteiger partial charge >= 0.3 is 0 Å². The number of carbonyl (C=O) groups is 3. The van der Waals surface area contributed by atoms with Crippen molar-refractivity contribution in [3.63, 3.8) is 0 Å². The molecule has 1 N–H and O–H groups in total. The number of piperidine rings is 1. The number of pyridine rings is 2. The summed E-state index contributed by atoms with van der Waals surface area (Å²) in [6.07, 6.45) is 2.77. The van der Waals surface area contributed by atoms with Gasteiger partial charge < -0.3 is 10.2 Å². The number of nitrogens with one attached hydrogen (secondary N) is 1. The second kappa shape index (κ2) is 8.16. The fourth-order valence-corrected chi connectivity index (χ4v) is 8.23. The average Bonchev–Trinajstić information content (AvgIpc) is 3.41. The molecule has 6 heterocycles. The van der Waals surface area contributed by atoms with Gasteiger partial charge in [-0.2, -0.15) is 0 Å². The van der Waals surface area contributed by atoms with E-state index in [0.717, 1.165) is 58.0 Å². The normalized spacial score (nSPS) is 27.4. The van der Waals surface area contributed by atoms with E-state index in [9.17, 15) is 14.4 Å². The number of rotatable bonds is 4. The second-order valence-corrected chi connectivity index (χ2v) is 13.0. The molecule has 2 unspecified atom stereocenters. The van der Waals surface area contributed by atoms with Gasteiger partial charge in [-0.05, 0) is 55.4 Å². The molecule has 3 aliphatic heterocycles. The lowest BCUT2D eigenvalue weighted by Gasteiger charge is -2.25. The first kappa shape index (κ1) is 23.9. The zero-order chi connectivity index (χ0) is 26.5. The van der Waals surface area contributed by atoms with Crippen LogP contribution >= 0.6 is 11.3 Å². The van der Waals surface area contributed by atoms with Crippen molar-refractivity contribution in [3.8, 4) is 11.3 Å². The van der Waals surface area contributed by atoms with Crippen LogP contribution in [0.5, 0.6) is 0 Å². The molecule has 38 heavy (non-hydrogen) atoms. The molecule has 0 bridgehead atoms. The molecule has 3 aromatic rings. The first-order chi connectivity index (χ1) is 18.2. The van der Waals surface area contributed by atoms with Gasteiger partial charge in [0.25, 0.3) is 5.91 Å². The summed E-state index contributed by atoms with van der Waals surface area (Å²) in [5.74, 6) is 0.0478. The highest BCUT2D eigenvalue weighted by Gasteiger charge is 2.72. The van der Waals surface area contributed by atoms with Gasteiger partial charge in [0.2, 0.25) is 11.8 Å².